The number of amides is 1. The summed E-state index contributed by atoms with van der Waals surface area (Å²) in [4.78, 5) is 30.2. The quantitative estimate of drug-likeness (QED) is 0.407. The number of carbonyl (C=O) groups excluding carboxylic acids is 1. The molecule has 0 saturated carbocycles. The molecule has 1 aromatic heterocycles. The predicted octanol–water partition coefficient (Wildman–Crippen LogP) is 4.00. The van der Waals surface area contributed by atoms with Crippen LogP contribution in [-0.2, 0) is 4.79 Å². The fourth-order valence-electron chi connectivity index (χ4n) is 4.00. The van der Waals surface area contributed by atoms with Gasteiger partial charge in [-0.25, -0.2) is 4.39 Å². The maximum Gasteiger partial charge on any atom is 0.296 e. The number of hydrogen-bond donors (Lipinski definition) is 1. The molecule has 11 heteroatoms. The summed E-state index contributed by atoms with van der Waals surface area (Å²) in [6.07, 6.45) is 1.61. The van der Waals surface area contributed by atoms with Crippen molar-refractivity contribution in [2.24, 2.45) is 0 Å². The zero-order valence-corrected chi connectivity index (χ0v) is 18.7. The maximum atomic E-state index is 13.5. The van der Waals surface area contributed by atoms with Crippen LogP contribution in [0.1, 0.15) is 31.6 Å². The molecule has 1 fully saturated rings. The first-order chi connectivity index (χ1) is 16.4. The second kappa shape index (κ2) is 9.96. The highest BCUT2D eigenvalue weighted by Gasteiger charge is 2.32. The zero-order valence-electron chi connectivity index (χ0n) is 18.7. The third kappa shape index (κ3) is 5.04. The topological polar surface area (TPSA) is 124 Å². The van der Waals surface area contributed by atoms with Crippen LogP contribution in [0.5, 0.6) is 5.75 Å². The Hall–Kier alpha value is -3.86. The standard InChI is InChI=1S/C23H24FN5O5/c1-14(22(30)25-19-9-8-18(33-2)12-20(19)29(31)32)28-10-4-6-16(13-28)23-26-21(27-34-23)15-5-3-7-17(24)11-15/h3,5,7-9,11-12,14,16H,4,6,10,13H2,1-2H3,(H,25,30). The molecule has 10 nitrogen and oxygen atoms in total. The molecule has 2 heterocycles. The van der Waals surface area contributed by atoms with Gasteiger partial charge in [0.1, 0.15) is 17.3 Å². The molecule has 2 aromatic carbocycles. The smallest absolute Gasteiger partial charge is 0.296 e. The van der Waals surface area contributed by atoms with Crippen molar-refractivity contribution in [2.75, 3.05) is 25.5 Å². The van der Waals surface area contributed by atoms with Crippen LogP contribution in [0.2, 0.25) is 0 Å². The molecule has 0 radical (unpaired) electrons. The number of nitrogens with zero attached hydrogens (tertiary/aromatic N) is 4. The van der Waals surface area contributed by atoms with Crippen molar-refractivity contribution in [3.63, 3.8) is 0 Å². The number of anilines is 1. The number of nitro benzene ring substituents is 1. The van der Waals surface area contributed by atoms with E-state index in [0.29, 0.717) is 36.1 Å². The number of halogens is 1. The Morgan fingerprint density at radius 3 is 2.91 bits per heavy atom. The first-order valence-corrected chi connectivity index (χ1v) is 10.8. The monoisotopic (exact) mass is 469 g/mol. The largest absolute Gasteiger partial charge is 0.496 e. The molecule has 0 bridgehead atoms. The summed E-state index contributed by atoms with van der Waals surface area (Å²) < 4.78 is 24.0. The lowest BCUT2D eigenvalue weighted by Gasteiger charge is -2.34. The predicted molar refractivity (Wildman–Crippen MR) is 121 cm³/mol. The van der Waals surface area contributed by atoms with Crippen molar-refractivity contribution in [3.8, 4) is 17.1 Å². The zero-order chi connectivity index (χ0) is 24.2. The molecule has 0 aliphatic carbocycles. The van der Waals surface area contributed by atoms with Crippen LogP contribution in [0.3, 0.4) is 0 Å². The molecule has 34 heavy (non-hydrogen) atoms. The SMILES string of the molecule is COc1ccc(NC(=O)C(C)N2CCCC(c3nc(-c4cccc(F)c4)no3)C2)c([N+](=O)[O-])c1. The first kappa shape index (κ1) is 23.3. The van der Waals surface area contributed by atoms with Gasteiger partial charge in [0.15, 0.2) is 0 Å². The summed E-state index contributed by atoms with van der Waals surface area (Å²) in [7, 11) is 1.41. The highest BCUT2D eigenvalue weighted by molar-refractivity contribution is 5.96. The van der Waals surface area contributed by atoms with Crippen LogP contribution < -0.4 is 10.1 Å². The van der Waals surface area contributed by atoms with Gasteiger partial charge in [0.05, 0.1) is 30.1 Å². The van der Waals surface area contributed by atoms with Gasteiger partial charge in [-0.15, -0.1) is 0 Å². The lowest BCUT2D eigenvalue weighted by Crippen LogP contribution is -2.46. The molecular formula is C23H24FN5O5. The number of nitrogens with one attached hydrogen (secondary N) is 1. The number of carbonyl (C=O) groups is 1. The van der Waals surface area contributed by atoms with Crippen molar-refractivity contribution in [1.29, 1.82) is 0 Å². The van der Waals surface area contributed by atoms with E-state index in [4.69, 9.17) is 9.26 Å². The minimum atomic E-state index is -0.564. The summed E-state index contributed by atoms with van der Waals surface area (Å²) >= 11 is 0. The second-order valence-corrected chi connectivity index (χ2v) is 8.11. The van der Waals surface area contributed by atoms with Crippen LogP contribution in [0.4, 0.5) is 15.8 Å². The third-order valence-corrected chi connectivity index (χ3v) is 5.91. The van der Waals surface area contributed by atoms with E-state index in [-0.39, 0.29) is 29.0 Å². The number of benzene rings is 2. The summed E-state index contributed by atoms with van der Waals surface area (Å²) in [5, 5.41) is 18.1. The molecule has 3 aromatic rings. The molecular weight excluding hydrogens is 445 g/mol. The van der Waals surface area contributed by atoms with E-state index in [1.807, 2.05) is 4.90 Å². The van der Waals surface area contributed by atoms with Crippen molar-refractivity contribution in [3.05, 3.63) is 64.3 Å². The minimum Gasteiger partial charge on any atom is -0.496 e. The fraction of sp³-hybridized carbons (Fsp3) is 0.348. The molecule has 178 valence electrons. The van der Waals surface area contributed by atoms with Gasteiger partial charge in [-0.2, -0.15) is 4.98 Å². The molecule has 4 rings (SSSR count). The summed E-state index contributed by atoms with van der Waals surface area (Å²) in [6.45, 7) is 2.93. The van der Waals surface area contributed by atoms with Gasteiger partial charge in [0.2, 0.25) is 17.6 Å². The van der Waals surface area contributed by atoms with Gasteiger partial charge < -0.3 is 14.6 Å². The Morgan fingerprint density at radius 1 is 1.35 bits per heavy atom. The van der Waals surface area contributed by atoms with Crippen LogP contribution >= 0.6 is 0 Å². The maximum absolute atomic E-state index is 13.5. The lowest BCUT2D eigenvalue weighted by molar-refractivity contribution is -0.384. The average Bonchev–Trinajstić information content (AvgIpc) is 3.34. The second-order valence-electron chi connectivity index (χ2n) is 8.11. The van der Waals surface area contributed by atoms with E-state index >= 15 is 0 Å². The van der Waals surface area contributed by atoms with Gasteiger partial charge in [0.25, 0.3) is 5.69 Å². The van der Waals surface area contributed by atoms with Crippen LogP contribution in [0.15, 0.2) is 47.0 Å². The van der Waals surface area contributed by atoms with Crippen molar-refractivity contribution in [1.82, 2.24) is 15.0 Å². The van der Waals surface area contributed by atoms with E-state index < -0.39 is 11.0 Å². The number of hydrogen-bond acceptors (Lipinski definition) is 8. The molecule has 0 spiro atoms. The molecule has 2 unspecified atom stereocenters. The van der Waals surface area contributed by atoms with Crippen molar-refractivity contribution < 1.29 is 23.4 Å². The normalized spacial score (nSPS) is 17.2. The van der Waals surface area contributed by atoms with Crippen LogP contribution in [-0.4, -0.2) is 52.1 Å². The van der Waals surface area contributed by atoms with Crippen LogP contribution in [0, 0.1) is 15.9 Å². The minimum absolute atomic E-state index is 0.0888. The Kier molecular flexibility index (Phi) is 6.82. The van der Waals surface area contributed by atoms with Crippen molar-refractivity contribution >= 4 is 17.3 Å². The fourth-order valence-corrected chi connectivity index (χ4v) is 4.00. The van der Waals surface area contributed by atoms with E-state index in [2.05, 4.69) is 15.5 Å². The van der Waals surface area contributed by atoms with E-state index in [9.17, 15) is 19.3 Å². The molecule has 1 aliphatic heterocycles. The van der Waals surface area contributed by atoms with Crippen LogP contribution in [0.25, 0.3) is 11.4 Å². The number of ether oxygens (including phenoxy) is 1. The lowest BCUT2D eigenvalue weighted by atomic mass is 9.96. The van der Waals surface area contributed by atoms with E-state index in [1.165, 1.54) is 31.4 Å². The number of nitro groups is 1. The summed E-state index contributed by atoms with van der Waals surface area (Å²) in [6, 6.07) is 9.69. The average molecular weight is 469 g/mol. The van der Waals surface area contributed by atoms with Gasteiger partial charge >= 0.3 is 0 Å². The molecule has 1 aliphatic rings. The molecule has 1 amide bonds. The van der Waals surface area contributed by atoms with Gasteiger partial charge in [-0.1, -0.05) is 17.3 Å². The highest BCUT2D eigenvalue weighted by Crippen LogP contribution is 2.31. The number of aromatic nitrogens is 2. The Balaban J connectivity index is 1.44. The van der Waals surface area contributed by atoms with Gasteiger partial charge in [-0.3, -0.25) is 19.8 Å². The Bertz CT molecular complexity index is 1200. The summed E-state index contributed by atoms with van der Waals surface area (Å²) in [5.74, 6) is 0.235. The number of likely N-dealkylation sites (tertiary alicyclic amines) is 1. The molecule has 2 atom stereocenters. The van der Waals surface area contributed by atoms with E-state index in [1.54, 1.807) is 25.1 Å². The first-order valence-electron chi connectivity index (χ1n) is 10.8. The Morgan fingerprint density at radius 2 is 2.18 bits per heavy atom. The van der Waals surface area contributed by atoms with Crippen molar-refractivity contribution in [2.45, 2.75) is 31.7 Å². The Labute approximate surface area is 194 Å². The van der Waals surface area contributed by atoms with E-state index in [0.717, 1.165) is 12.8 Å². The van der Waals surface area contributed by atoms with Gasteiger partial charge in [0, 0.05) is 12.1 Å². The summed E-state index contributed by atoms with van der Waals surface area (Å²) in [5.41, 5.74) is 0.386. The number of rotatable bonds is 7. The molecule has 1 N–H and O–H groups in total. The number of piperidine rings is 1. The number of methoxy groups -OCH3 is 1. The molecule has 1 saturated heterocycles. The van der Waals surface area contributed by atoms with Gasteiger partial charge in [-0.05, 0) is 50.6 Å². The third-order valence-electron chi connectivity index (χ3n) is 5.91. The highest BCUT2D eigenvalue weighted by atomic mass is 19.1.